The number of benzene rings is 1. The quantitative estimate of drug-likeness (QED) is 0.811. The molecule has 4 nitrogen and oxygen atoms in total. The topological polar surface area (TPSA) is 55.4 Å². The van der Waals surface area contributed by atoms with E-state index in [1.54, 1.807) is 19.2 Å². The molecular formula is C18H21NO3S. The average Bonchev–Trinajstić information content (AvgIpc) is 3.02. The van der Waals surface area contributed by atoms with Gasteiger partial charge in [0.1, 0.15) is 5.75 Å². The summed E-state index contributed by atoms with van der Waals surface area (Å²) in [5, 5.41) is 3.06. The van der Waals surface area contributed by atoms with Crippen molar-refractivity contribution in [1.29, 1.82) is 0 Å². The van der Waals surface area contributed by atoms with Crippen LogP contribution in [0.15, 0.2) is 36.4 Å². The molecule has 0 spiro atoms. The van der Waals surface area contributed by atoms with E-state index < -0.39 is 0 Å². The van der Waals surface area contributed by atoms with Gasteiger partial charge in [-0.2, -0.15) is 0 Å². The molecule has 1 aromatic heterocycles. The first-order chi connectivity index (χ1) is 10.9. The maximum absolute atomic E-state index is 12.5. The monoisotopic (exact) mass is 331 g/mol. The van der Waals surface area contributed by atoms with Crippen LogP contribution in [0.3, 0.4) is 0 Å². The predicted molar refractivity (Wildman–Crippen MR) is 92.4 cm³/mol. The molecule has 1 aromatic carbocycles. The van der Waals surface area contributed by atoms with Gasteiger partial charge in [-0.3, -0.25) is 9.59 Å². The summed E-state index contributed by atoms with van der Waals surface area (Å²) in [5.74, 6) is 0.841. The van der Waals surface area contributed by atoms with Gasteiger partial charge in [0.15, 0.2) is 5.78 Å². The molecule has 0 aliphatic rings. The lowest BCUT2D eigenvalue weighted by molar-refractivity contribution is 0.0929. The second kappa shape index (κ2) is 7.42. The summed E-state index contributed by atoms with van der Waals surface area (Å²) in [4.78, 5) is 25.0. The highest BCUT2D eigenvalue weighted by Gasteiger charge is 2.20. The molecule has 23 heavy (non-hydrogen) atoms. The Labute approximate surface area is 140 Å². The molecule has 2 aromatic rings. The van der Waals surface area contributed by atoms with Gasteiger partial charge in [-0.25, -0.2) is 0 Å². The Balaban J connectivity index is 2.17. The van der Waals surface area contributed by atoms with Crippen LogP contribution in [0.1, 0.15) is 51.7 Å². The van der Waals surface area contributed by atoms with Crippen LogP contribution >= 0.6 is 11.3 Å². The molecule has 5 heteroatoms. The number of Topliss-reactive ketones (excluding diaryl/α,β-unsaturated/α-hetero) is 1. The summed E-state index contributed by atoms with van der Waals surface area (Å²) in [6, 6.07) is 11.0. The van der Waals surface area contributed by atoms with E-state index in [4.69, 9.17) is 4.74 Å². The largest absolute Gasteiger partial charge is 0.497 e. The third kappa shape index (κ3) is 4.20. The maximum Gasteiger partial charge on any atom is 0.261 e. The number of carbonyl (C=O) groups is 2. The van der Waals surface area contributed by atoms with Gasteiger partial charge in [-0.1, -0.05) is 26.0 Å². The fourth-order valence-electron chi connectivity index (χ4n) is 2.31. The van der Waals surface area contributed by atoms with Crippen molar-refractivity contribution < 1.29 is 14.3 Å². The van der Waals surface area contributed by atoms with E-state index in [1.807, 2.05) is 24.3 Å². The lowest BCUT2D eigenvalue weighted by Gasteiger charge is -2.23. The highest BCUT2D eigenvalue weighted by atomic mass is 32.1. The van der Waals surface area contributed by atoms with Crippen LogP contribution in [0.4, 0.5) is 0 Å². The van der Waals surface area contributed by atoms with E-state index in [9.17, 15) is 9.59 Å². The van der Waals surface area contributed by atoms with Crippen molar-refractivity contribution in [2.24, 2.45) is 5.92 Å². The smallest absolute Gasteiger partial charge is 0.261 e. The summed E-state index contributed by atoms with van der Waals surface area (Å²) >= 11 is 1.22. The van der Waals surface area contributed by atoms with E-state index in [0.29, 0.717) is 9.75 Å². The minimum Gasteiger partial charge on any atom is -0.497 e. The molecule has 0 bridgehead atoms. The summed E-state index contributed by atoms with van der Waals surface area (Å²) < 4.78 is 5.17. The van der Waals surface area contributed by atoms with Gasteiger partial charge < -0.3 is 10.1 Å². The first-order valence-corrected chi connectivity index (χ1v) is 8.29. The van der Waals surface area contributed by atoms with Crippen LogP contribution < -0.4 is 10.1 Å². The fraction of sp³-hybridized carbons (Fsp3) is 0.333. The molecular weight excluding hydrogens is 310 g/mol. The summed E-state index contributed by atoms with van der Waals surface area (Å²) in [6.45, 7) is 5.62. The minimum atomic E-state index is -0.156. The molecule has 0 fully saturated rings. The van der Waals surface area contributed by atoms with Crippen LogP contribution in [0, 0.1) is 5.92 Å². The van der Waals surface area contributed by atoms with Crippen LogP contribution in [0.25, 0.3) is 0 Å². The molecule has 122 valence electrons. The standard InChI is InChI=1S/C18H21NO3S/c1-11(2)17(13-5-7-14(22-4)8-6-13)19-18(21)16-10-9-15(23-16)12(3)20/h5-11,17H,1-4H3,(H,19,21). The van der Waals surface area contributed by atoms with Crippen molar-refractivity contribution in [3.8, 4) is 5.75 Å². The Morgan fingerprint density at radius 3 is 2.13 bits per heavy atom. The van der Waals surface area contributed by atoms with Crippen LogP contribution in [0.2, 0.25) is 0 Å². The average molecular weight is 331 g/mol. The molecule has 1 heterocycles. The van der Waals surface area contributed by atoms with E-state index in [0.717, 1.165) is 11.3 Å². The number of thiophene rings is 1. The fourth-order valence-corrected chi connectivity index (χ4v) is 3.11. The first-order valence-electron chi connectivity index (χ1n) is 7.48. The number of nitrogens with one attached hydrogen (secondary N) is 1. The third-order valence-electron chi connectivity index (χ3n) is 3.60. The molecule has 0 saturated heterocycles. The normalized spacial score (nSPS) is 12.0. The van der Waals surface area contributed by atoms with Gasteiger partial charge in [-0.05, 0) is 42.7 Å². The number of hydrogen-bond donors (Lipinski definition) is 1. The number of methoxy groups -OCH3 is 1. The van der Waals surface area contributed by atoms with Gasteiger partial charge in [-0.15, -0.1) is 11.3 Å². The van der Waals surface area contributed by atoms with Gasteiger partial charge in [0.25, 0.3) is 5.91 Å². The number of rotatable bonds is 6. The lowest BCUT2D eigenvalue weighted by atomic mass is 9.96. The van der Waals surface area contributed by atoms with Crippen LogP contribution in [-0.4, -0.2) is 18.8 Å². The molecule has 1 unspecified atom stereocenters. The first kappa shape index (κ1) is 17.2. The zero-order valence-corrected chi connectivity index (χ0v) is 14.6. The van der Waals surface area contributed by atoms with E-state index in [2.05, 4.69) is 19.2 Å². The lowest BCUT2D eigenvalue weighted by Crippen LogP contribution is -2.31. The zero-order chi connectivity index (χ0) is 17.0. The van der Waals surface area contributed by atoms with E-state index in [1.165, 1.54) is 18.3 Å². The Kier molecular flexibility index (Phi) is 5.55. The van der Waals surface area contributed by atoms with Gasteiger partial charge >= 0.3 is 0 Å². The minimum absolute atomic E-state index is 0.0235. The number of hydrogen-bond acceptors (Lipinski definition) is 4. The van der Waals surface area contributed by atoms with Crippen LogP contribution in [0.5, 0.6) is 5.75 Å². The zero-order valence-electron chi connectivity index (χ0n) is 13.8. The van der Waals surface area contributed by atoms with Crippen LogP contribution in [-0.2, 0) is 0 Å². The molecule has 1 amide bonds. The Bertz CT molecular complexity index is 689. The van der Waals surface area contributed by atoms with Crippen molar-refractivity contribution in [3.05, 3.63) is 51.7 Å². The molecule has 0 aliphatic heterocycles. The molecule has 0 aliphatic carbocycles. The molecule has 0 radical (unpaired) electrons. The number of ether oxygens (including phenoxy) is 1. The van der Waals surface area contributed by atoms with Gasteiger partial charge in [0.2, 0.25) is 0 Å². The second-order valence-electron chi connectivity index (χ2n) is 5.69. The summed E-state index contributed by atoms with van der Waals surface area (Å²) in [7, 11) is 1.63. The number of carbonyl (C=O) groups excluding carboxylic acids is 2. The van der Waals surface area contributed by atoms with Crippen molar-refractivity contribution in [2.45, 2.75) is 26.8 Å². The molecule has 2 rings (SSSR count). The summed E-state index contributed by atoms with van der Waals surface area (Å²) in [5.41, 5.74) is 1.03. The Morgan fingerprint density at radius 1 is 1.04 bits per heavy atom. The Morgan fingerprint density at radius 2 is 1.65 bits per heavy atom. The van der Waals surface area contributed by atoms with Crippen molar-refractivity contribution in [2.75, 3.05) is 7.11 Å². The van der Waals surface area contributed by atoms with E-state index in [-0.39, 0.29) is 23.7 Å². The van der Waals surface area contributed by atoms with Gasteiger partial charge in [0, 0.05) is 0 Å². The van der Waals surface area contributed by atoms with Crippen molar-refractivity contribution >= 4 is 23.0 Å². The number of amides is 1. The van der Waals surface area contributed by atoms with Crippen molar-refractivity contribution in [3.63, 3.8) is 0 Å². The summed E-state index contributed by atoms with van der Waals surface area (Å²) in [6.07, 6.45) is 0. The van der Waals surface area contributed by atoms with Crippen molar-refractivity contribution in [1.82, 2.24) is 5.32 Å². The Hall–Kier alpha value is -2.14. The highest BCUT2D eigenvalue weighted by Crippen LogP contribution is 2.25. The predicted octanol–water partition coefficient (Wildman–Crippen LogP) is 4.09. The second-order valence-corrected chi connectivity index (χ2v) is 6.77. The molecule has 0 saturated carbocycles. The number of ketones is 1. The highest BCUT2D eigenvalue weighted by molar-refractivity contribution is 7.15. The maximum atomic E-state index is 12.5. The SMILES string of the molecule is COc1ccc(C(NC(=O)c2ccc(C(C)=O)s2)C(C)C)cc1. The van der Waals surface area contributed by atoms with Gasteiger partial charge in [0.05, 0.1) is 22.9 Å². The van der Waals surface area contributed by atoms with E-state index >= 15 is 0 Å². The third-order valence-corrected chi connectivity index (χ3v) is 4.79. The molecule has 1 N–H and O–H groups in total. The molecule has 1 atom stereocenters.